The van der Waals surface area contributed by atoms with Crippen molar-refractivity contribution >= 4 is 11.9 Å². The van der Waals surface area contributed by atoms with Gasteiger partial charge in [0.05, 0.1) is 18.8 Å². The second-order valence-corrected chi connectivity index (χ2v) is 6.98. The summed E-state index contributed by atoms with van der Waals surface area (Å²) in [5.41, 5.74) is 1.53. The van der Waals surface area contributed by atoms with Crippen molar-refractivity contribution in [1.82, 2.24) is 24.8 Å². The number of aromatic nitrogens is 4. The molecule has 0 unspecified atom stereocenters. The largest absolute Gasteiger partial charge is 0.350 e. The summed E-state index contributed by atoms with van der Waals surface area (Å²) in [6.45, 7) is 4.10. The summed E-state index contributed by atoms with van der Waals surface area (Å²) in [7, 11) is 0. The molecular weight excluding hydrogens is 332 g/mol. The number of rotatable bonds is 4. The number of nitrogens with zero attached hydrogens (tertiary/aromatic N) is 5. The highest BCUT2D eigenvalue weighted by molar-refractivity contribution is 5.80. The Morgan fingerprint density at radius 1 is 1.27 bits per heavy atom. The number of aryl methyl sites for hydroxylation is 1. The Morgan fingerprint density at radius 3 is 2.77 bits per heavy atom. The Bertz CT molecular complexity index is 872. The zero-order chi connectivity index (χ0) is 18.1. The molecule has 0 atom stereocenters. The van der Waals surface area contributed by atoms with Gasteiger partial charge in [0.2, 0.25) is 11.9 Å². The fourth-order valence-corrected chi connectivity index (χ4v) is 3.11. The minimum Gasteiger partial charge on any atom is -0.350 e. The van der Waals surface area contributed by atoms with E-state index in [0.717, 1.165) is 31.4 Å². The van der Waals surface area contributed by atoms with Crippen LogP contribution in [0.5, 0.6) is 0 Å². The first-order chi connectivity index (χ1) is 12.6. The van der Waals surface area contributed by atoms with Gasteiger partial charge < -0.3 is 10.2 Å². The van der Waals surface area contributed by atoms with Crippen LogP contribution in [0, 0.1) is 12.8 Å². The van der Waals surface area contributed by atoms with Crippen molar-refractivity contribution in [3.05, 3.63) is 45.9 Å². The van der Waals surface area contributed by atoms with Crippen molar-refractivity contribution in [1.29, 1.82) is 0 Å². The van der Waals surface area contributed by atoms with Gasteiger partial charge in [0, 0.05) is 37.5 Å². The fraction of sp³-hybridized carbons (Fsp3) is 0.500. The molecule has 1 saturated carbocycles. The highest BCUT2D eigenvalue weighted by atomic mass is 16.2. The molecule has 8 nitrogen and oxygen atoms in total. The van der Waals surface area contributed by atoms with Gasteiger partial charge in [-0.2, -0.15) is 0 Å². The van der Waals surface area contributed by atoms with Crippen molar-refractivity contribution in [3.8, 4) is 0 Å². The van der Waals surface area contributed by atoms with Crippen molar-refractivity contribution < 1.29 is 4.79 Å². The highest BCUT2D eigenvalue weighted by Gasteiger charge is 2.29. The van der Waals surface area contributed by atoms with Crippen LogP contribution >= 0.6 is 0 Å². The Kier molecular flexibility index (Phi) is 4.40. The van der Waals surface area contributed by atoms with E-state index in [2.05, 4.69) is 20.3 Å². The molecule has 0 radical (unpaired) electrons. The highest BCUT2D eigenvalue weighted by Crippen LogP contribution is 2.28. The van der Waals surface area contributed by atoms with Crippen molar-refractivity contribution in [2.75, 3.05) is 11.4 Å². The predicted octanol–water partition coefficient (Wildman–Crippen LogP) is 0.778. The van der Waals surface area contributed by atoms with E-state index in [1.807, 2.05) is 11.8 Å². The minimum absolute atomic E-state index is 0.0523. The van der Waals surface area contributed by atoms with Crippen LogP contribution in [-0.4, -0.2) is 32.0 Å². The van der Waals surface area contributed by atoms with E-state index in [-0.39, 0.29) is 17.4 Å². The van der Waals surface area contributed by atoms with Gasteiger partial charge in [-0.15, -0.1) is 0 Å². The maximum atomic E-state index is 12.5. The molecule has 1 amide bonds. The van der Waals surface area contributed by atoms with Gasteiger partial charge >= 0.3 is 0 Å². The lowest BCUT2D eigenvalue weighted by Crippen LogP contribution is -2.30. The van der Waals surface area contributed by atoms with Crippen LogP contribution in [0.3, 0.4) is 0 Å². The molecule has 1 N–H and O–H groups in total. The Morgan fingerprint density at radius 2 is 2.04 bits per heavy atom. The molecule has 0 bridgehead atoms. The average Bonchev–Trinajstić information content (AvgIpc) is 3.47. The molecule has 2 aromatic heterocycles. The molecule has 8 heteroatoms. The van der Waals surface area contributed by atoms with Crippen molar-refractivity contribution in [2.45, 2.75) is 45.8 Å². The molecule has 0 spiro atoms. The van der Waals surface area contributed by atoms with Crippen molar-refractivity contribution in [2.24, 2.45) is 5.92 Å². The quantitative estimate of drug-likeness (QED) is 0.872. The van der Waals surface area contributed by atoms with Gasteiger partial charge in [0.25, 0.3) is 5.56 Å². The van der Waals surface area contributed by atoms with Crippen LogP contribution in [0.2, 0.25) is 0 Å². The van der Waals surface area contributed by atoms with Gasteiger partial charge in [0.15, 0.2) is 0 Å². The van der Waals surface area contributed by atoms with Crippen LogP contribution in [-0.2, 0) is 24.4 Å². The van der Waals surface area contributed by atoms with E-state index in [0.29, 0.717) is 37.1 Å². The van der Waals surface area contributed by atoms with Crippen LogP contribution in [0.4, 0.5) is 5.95 Å². The van der Waals surface area contributed by atoms with Gasteiger partial charge in [0.1, 0.15) is 5.82 Å². The molecule has 0 aromatic carbocycles. The van der Waals surface area contributed by atoms with Crippen LogP contribution in [0.25, 0.3) is 0 Å². The van der Waals surface area contributed by atoms with Gasteiger partial charge in [-0.3, -0.25) is 14.2 Å². The van der Waals surface area contributed by atoms with E-state index < -0.39 is 0 Å². The third-order valence-electron chi connectivity index (χ3n) is 4.72. The van der Waals surface area contributed by atoms with E-state index in [9.17, 15) is 9.59 Å². The van der Waals surface area contributed by atoms with E-state index in [4.69, 9.17) is 0 Å². The Balaban J connectivity index is 1.55. The lowest BCUT2D eigenvalue weighted by Gasteiger charge is -2.20. The third kappa shape index (κ3) is 3.58. The second-order valence-electron chi connectivity index (χ2n) is 6.98. The number of fused-ring (bicyclic) bond motifs is 1. The topological polar surface area (TPSA) is 93.0 Å². The molecular formula is C18H22N6O2. The number of anilines is 1. The summed E-state index contributed by atoms with van der Waals surface area (Å²) in [5, 5.41) is 2.87. The number of hydrogen-bond donors (Lipinski definition) is 1. The smallest absolute Gasteiger partial charge is 0.253 e. The second kappa shape index (κ2) is 6.86. The first-order valence-corrected chi connectivity index (χ1v) is 9.01. The average molecular weight is 354 g/mol. The van der Waals surface area contributed by atoms with Crippen molar-refractivity contribution in [3.63, 3.8) is 0 Å². The van der Waals surface area contributed by atoms with Crippen LogP contribution in [0.1, 0.15) is 36.3 Å². The summed E-state index contributed by atoms with van der Waals surface area (Å²) >= 11 is 0. The third-order valence-corrected chi connectivity index (χ3v) is 4.72. The molecule has 1 aliphatic carbocycles. The number of hydrogen-bond acceptors (Lipinski definition) is 6. The first kappa shape index (κ1) is 16.7. The van der Waals surface area contributed by atoms with Crippen LogP contribution in [0.15, 0.2) is 23.3 Å². The minimum atomic E-state index is -0.0719. The van der Waals surface area contributed by atoms with Gasteiger partial charge in [-0.05, 0) is 31.7 Å². The lowest BCUT2D eigenvalue weighted by molar-refractivity contribution is -0.122. The first-order valence-electron chi connectivity index (χ1n) is 9.01. The number of nitrogens with one attached hydrogen (secondary N) is 1. The molecule has 136 valence electrons. The zero-order valence-electron chi connectivity index (χ0n) is 14.8. The Hall–Kier alpha value is -2.77. The summed E-state index contributed by atoms with van der Waals surface area (Å²) in [5.74, 6) is 1.53. The van der Waals surface area contributed by atoms with Crippen LogP contribution < -0.4 is 15.8 Å². The summed E-state index contributed by atoms with van der Waals surface area (Å²) in [6, 6.07) is 1.52. The molecule has 4 rings (SSSR count). The monoisotopic (exact) mass is 354 g/mol. The molecule has 2 aliphatic rings. The molecule has 1 fully saturated rings. The lowest BCUT2D eigenvalue weighted by atomic mass is 10.3. The predicted molar refractivity (Wildman–Crippen MR) is 95.5 cm³/mol. The number of carbonyl (C=O) groups is 1. The molecule has 3 heterocycles. The summed E-state index contributed by atoms with van der Waals surface area (Å²) in [4.78, 5) is 39.8. The molecule has 1 aliphatic heterocycles. The molecule has 2 aromatic rings. The standard InChI is InChI=1S/C18H22N6O2/c1-12-8-20-18(21-9-12)23-5-2-6-24-15(11-23)22-14(7-16(24)25)10-19-17(26)13-3-4-13/h7-9,13H,2-6,10-11H2,1H3,(H,19,26). The maximum Gasteiger partial charge on any atom is 0.253 e. The van der Waals surface area contributed by atoms with Gasteiger partial charge in [-0.1, -0.05) is 0 Å². The molecule has 0 saturated heterocycles. The summed E-state index contributed by atoms with van der Waals surface area (Å²) in [6.07, 6.45) is 6.31. The fourth-order valence-electron chi connectivity index (χ4n) is 3.11. The SMILES string of the molecule is Cc1cnc(N2CCCn3c(nc(CNC(=O)C4CC4)cc3=O)C2)nc1. The zero-order valence-corrected chi connectivity index (χ0v) is 14.8. The normalized spacial score (nSPS) is 16.7. The summed E-state index contributed by atoms with van der Waals surface area (Å²) < 4.78 is 1.71. The van der Waals surface area contributed by atoms with E-state index in [1.54, 1.807) is 17.0 Å². The number of amides is 1. The van der Waals surface area contributed by atoms with Gasteiger partial charge in [-0.25, -0.2) is 15.0 Å². The van der Waals surface area contributed by atoms with E-state index >= 15 is 0 Å². The maximum absolute atomic E-state index is 12.5. The molecule has 26 heavy (non-hydrogen) atoms. The number of carbonyl (C=O) groups excluding carboxylic acids is 1. The Labute approximate surface area is 151 Å². The van der Waals surface area contributed by atoms with E-state index in [1.165, 1.54) is 6.07 Å².